The molecule has 13 heteroatoms. The monoisotopic (exact) mass is 487 g/mol. The topological polar surface area (TPSA) is 205 Å². The average Bonchev–Trinajstić information content (AvgIpc) is 2.73. The third kappa shape index (κ3) is 7.12. The van der Waals surface area contributed by atoms with Crippen molar-refractivity contribution in [2.45, 2.75) is 49.2 Å². The number of hydrogen-bond acceptors (Lipinski definition) is 9. The highest BCUT2D eigenvalue weighted by Gasteiger charge is 2.49. The van der Waals surface area contributed by atoms with Crippen LogP contribution in [-0.2, 0) is 19.4 Å². The van der Waals surface area contributed by atoms with E-state index < -0.39 is 76.0 Å². The van der Waals surface area contributed by atoms with Crippen molar-refractivity contribution in [2.24, 2.45) is 5.73 Å². The molecule has 5 unspecified atom stereocenters. The number of ether oxygens (including phenoxy) is 1. The highest BCUT2D eigenvalue weighted by atomic mass is 32.2. The second-order valence-corrected chi connectivity index (χ2v) is 10.4. The molecule has 0 bridgehead atoms. The van der Waals surface area contributed by atoms with Crippen LogP contribution in [0, 0.1) is 0 Å². The van der Waals surface area contributed by atoms with E-state index in [1.807, 2.05) is 0 Å². The molecule has 0 heterocycles. The van der Waals surface area contributed by atoms with E-state index in [9.17, 15) is 38.1 Å². The van der Waals surface area contributed by atoms with Gasteiger partial charge in [0.15, 0.2) is 0 Å². The standard InChI is InChI=1S/C20H29N3O9S/c1-32-12-5-3-11(4-6-12)18(27)22-14-9-20(29,10-15(24)16(14)25)19(28)23-13(17(21)26)7-8-33(2,30)31/h3-6,13-16,24-25,29H,7-10H2,1-2H3,(H2,21,26)(H,22,27)(H,23,28). The van der Waals surface area contributed by atoms with E-state index in [0.717, 1.165) is 6.26 Å². The van der Waals surface area contributed by atoms with E-state index in [2.05, 4.69) is 10.6 Å². The van der Waals surface area contributed by atoms with Gasteiger partial charge in [-0.3, -0.25) is 14.4 Å². The Morgan fingerprint density at radius 3 is 2.33 bits per heavy atom. The number of hydrogen-bond donors (Lipinski definition) is 6. The zero-order valence-electron chi connectivity index (χ0n) is 18.2. The van der Waals surface area contributed by atoms with Gasteiger partial charge >= 0.3 is 0 Å². The molecule has 1 fully saturated rings. The SMILES string of the molecule is COc1ccc(C(=O)NC2CC(O)(C(=O)NC(CCS(C)(=O)=O)C(N)=O)CC(O)C2O)cc1. The van der Waals surface area contributed by atoms with Crippen LogP contribution in [0.15, 0.2) is 24.3 Å². The molecule has 0 aliphatic heterocycles. The smallest absolute Gasteiger partial charge is 0.252 e. The second kappa shape index (κ2) is 10.5. The van der Waals surface area contributed by atoms with Crippen LogP contribution in [0.3, 0.4) is 0 Å². The number of nitrogens with one attached hydrogen (secondary N) is 2. The number of aliphatic hydroxyl groups excluding tert-OH is 2. The van der Waals surface area contributed by atoms with Gasteiger partial charge in [0, 0.05) is 24.7 Å². The molecule has 0 saturated heterocycles. The minimum atomic E-state index is -3.45. The molecule has 0 radical (unpaired) electrons. The predicted octanol–water partition coefficient (Wildman–Crippen LogP) is -2.55. The second-order valence-electron chi connectivity index (χ2n) is 8.15. The lowest BCUT2D eigenvalue weighted by atomic mass is 9.77. The fourth-order valence-corrected chi connectivity index (χ4v) is 4.19. The average molecular weight is 488 g/mol. The summed E-state index contributed by atoms with van der Waals surface area (Å²) in [5.41, 5.74) is 3.17. The fraction of sp³-hybridized carbons (Fsp3) is 0.550. The quantitative estimate of drug-likeness (QED) is 0.216. The van der Waals surface area contributed by atoms with E-state index in [1.165, 1.54) is 19.2 Å². The van der Waals surface area contributed by atoms with Crippen LogP contribution in [0.1, 0.15) is 29.6 Å². The third-order valence-electron chi connectivity index (χ3n) is 5.43. The number of methoxy groups -OCH3 is 1. The van der Waals surface area contributed by atoms with Crippen LogP contribution in [-0.4, -0.2) is 90.5 Å². The van der Waals surface area contributed by atoms with Gasteiger partial charge in [0.05, 0.1) is 25.0 Å². The lowest BCUT2D eigenvalue weighted by Crippen LogP contribution is -2.64. The van der Waals surface area contributed by atoms with Crippen molar-refractivity contribution < 1.29 is 42.9 Å². The Kier molecular flexibility index (Phi) is 8.41. The molecule has 5 atom stereocenters. The van der Waals surface area contributed by atoms with Crippen LogP contribution >= 0.6 is 0 Å². The zero-order valence-corrected chi connectivity index (χ0v) is 19.0. The molecule has 12 nitrogen and oxygen atoms in total. The molecule has 1 aromatic carbocycles. The van der Waals surface area contributed by atoms with Crippen molar-refractivity contribution in [2.75, 3.05) is 19.1 Å². The predicted molar refractivity (Wildman–Crippen MR) is 116 cm³/mol. The summed E-state index contributed by atoms with van der Waals surface area (Å²) in [4.78, 5) is 36.9. The third-order valence-corrected chi connectivity index (χ3v) is 6.41. The normalized spacial score (nSPS) is 26.2. The Morgan fingerprint density at radius 2 is 1.82 bits per heavy atom. The number of primary amides is 1. The number of nitrogens with two attached hydrogens (primary N) is 1. The van der Waals surface area contributed by atoms with Gasteiger partial charge < -0.3 is 36.4 Å². The summed E-state index contributed by atoms with van der Waals surface area (Å²) in [5.74, 6) is -2.63. The summed E-state index contributed by atoms with van der Waals surface area (Å²) in [6.45, 7) is 0. The summed E-state index contributed by atoms with van der Waals surface area (Å²) in [6, 6.07) is 3.45. The minimum absolute atomic E-state index is 0.214. The van der Waals surface area contributed by atoms with Crippen LogP contribution in [0.5, 0.6) is 5.75 Å². The highest BCUT2D eigenvalue weighted by molar-refractivity contribution is 7.90. The summed E-state index contributed by atoms with van der Waals surface area (Å²) < 4.78 is 27.7. The molecular formula is C20H29N3O9S. The van der Waals surface area contributed by atoms with Gasteiger partial charge in [-0.2, -0.15) is 0 Å². The number of aliphatic hydroxyl groups is 3. The van der Waals surface area contributed by atoms with E-state index in [-0.39, 0.29) is 12.0 Å². The lowest BCUT2D eigenvalue weighted by Gasteiger charge is -2.41. The molecule has 184 valence electrons. The largest absolute Gasteiger partial charge is 0.497 e. The number of sulfone groups is 1. The maximum atomic E-state index is 12.7. The van der Waals surface area contributed by atoms with Crippen molar-refractivity contribution in [1.82, 2.24) is 10.6 Å². The number of rotatable bonds is 9. The fourth-order valence-electron chi connectivity index (χ4n) is 3.53. The van der Waals surface area contributed by atoms with Crippen molar-refractivity contribution in [1.29, 1.82) is 0 Å². The first-order valence-electron chi connectivity index (χ1n) is 10.1. The minimum Gasteiger partial charge on any atom is -0.497 e. The zero-order chi connectivity index (χ0) is 25.0. The molecule has 0 aromatic heterocycles. The molecule has 1 aromatic rings. The first-order valence-corrected chi connectivity index (χ1v) is 12.1. The Balaban J connectivity index is 2.13. The number of carbonyl (C=O) groups excluding carboxylic acids is 3. The Bertz CT molecular complexity index is 983. The van der Waals surface area contributed by atoms with Crippen LogP contribution in [0.2, 0.25) is 0 Å². The number of benzene rings is 1. The Morgan fingerprint density at radius 1 is 1.21 bits per heavy atom. The van der Waals surface area contributed by atoms with Crippen LogP contribution < -0.4 is 21.1 Å². The molecule has 1 aliphatic rings. The molecule has 2 rings (SSSR count). The number of amides is 3. The Hall–Kier alpha value is -2.74. The first-order chi connectivity index (χ1) is 15.3. The summed E-state index contributed by atoms with van der Waals surface area (Å²) in [6.07, 6.45) is -3.45. The molecule has 1 aliphatic carbocycles. The summed E-state index contributed by atoms with van der Waals surface area (Å²) in [5, 5.41) is 36.1. The van der Waals surface area contributed by atoms with Gasteiger partial charge in [0.25, 0.3) is 11.8 Å². The molecule has 7 N–H and O–H groups in total. The highest BCUT2D eigenvalue weighted by Crippen LogP contribution is 2.30. The van der Waals surface area contributed by atoms with E-state index in [1.54, 1.807) is 12.1 Å². The maximum absolute atomic E-state index is 12.7. The van der Waals surface area contributed by atoms with Gasteiger partial charge in [-0.15, -0.1) is 0 Å². The maximum Gasteiger partial charge on any atom is 0.252 e. The van der Waals surface area contributed by atoms with E-state index >= 15 is 0 Å². The number of carbonyl (C=O) groups is 3. The molecule has 1 saturated carbocycles. The summed E-state index contributed by atoms with van der Waals surface area (Å²) in [7, 11) is -1.98. The van der Waals surface area contributed by atoms with Crippen LogP contribution in [0.4, 0.5) is 0 Å². The van der Waals surface area contributed by atoms with Crippen LogP contribution in [0.25, 0.3) is 0 Å². The van der Waals surface area contributed by atoms with Gasteiger partial charge in [0.1, 0.15) is 33.3 Å². The van der Waals surface area contributed by atoms with Crippen molar-refractivity contribution >= 4 is 27.6 Å². The molecule has 33 heavy (non-hydrogen) atoms. The van der Waals surface area contributed by atoms with Gasteiger partial charge in [-0.05, 0) is 30.7 Å². The lowest BCUT2D eigenvalue weighted by molar-refractivity contribution is -0.159. The molecule has 0 spiro atoms. The summed E-state index contributed by atoms with van der Waals surface area (Å²) >= 11 is 0. The van der Waals surface area contributed by atoms with Gasteiger partial charge in [0.2, 0.25) is 5.91 Å². The van der Waals surface area contributed by atoms with E-state index in [4.69, 9.17) is 10.5 Å². The van der Waals surface area contributed by atoms with Gasteiger partial charge in [-0.25, -0.2) is 8.42 Å². The van der Waals surface area contributed by atoms with E-state index in [0.29, 0.717) is 5.75 Å². The first kappa shape index (κ1) is 26.5. The molecular weight excluding hydrogens is 458 g/mol. The Labute approximate surface area is 191 Å². The van der Waals surface area contributed by atoms with Gasteiger partial charge in [-0.1, -0.05) is 0 Å². The van der Waals surface area contributed by atoms with Crippen molar-refractivity contribution in [3.8, 4) is 5.75 Å². The molecule has 3 amide bonds. The van der Waals surface area contributed by atoms with Crippen molar-refractivity contribution in [3.05, 3.63) is 29.8 Å². The van der Waals surface area contributed by atoms with Crippen molar-refractivity contribution in [3.63, 3.8) is 0 Å².